The van der Waals surface area contributed by atoms with Gasteiger partial charge in [0.25, 0.3) is 11.8 Å². The molecule has 0 atom stereocenters. The molecule has 3 aromatic rings. The Bertz CT molecular complexity index is 1340. The van der Waals surface area contributed by atoms with E-state index in [1.807, 2.05) is 4.90 Å². The molecule has 2 aliphatic rings. The van der Waals surface area contributed by atoms with Gasteiger partial charge in [-0.05, 0) is 42.8 Å². The molecule has 1 amide bonds. The van der Waals surface area contributed by atoms with Gasteiger partial charge < -0.3 is 20.5 Å². The third-order valence-corrected chi connectivity index (χ3v) is 6.70. The molecule has 2 aromatic carbocycles. The van der Waals surface area contributed by atoms with E-state index >= 15 is 0 Å². The normalized spacial score (nSPS) is 18.4. The molecule has 3 heterocycles. The summed E-state index contributed by atoms with van der Waals surface area (Å²) in [6.07, 6.45) is -4.00. The molecule has 2 aliphatic heterocycles. The van der Waals surface area contributed by atoms with E-state index in [1.54, 1.807) is 36.4 Å². The molecule has 1 saturated heterocycles. The minimum atomic E-state index is -4.34. The van der Waals surface area contributed by atoms with Gasteiger partial charge in [-0.25, -0.2) is 13.8 Å². The Kier molecular flexibility index (Phi) is 5.88. The average Bonchev–Trinajstić information content (AvgIpc) is 3.26. The quantitative estimate of drug-likeness (QED) is 0.285. The number of aromatic amines is 1. The van der Waals surface area contributed by atoms with E-state index in [-0.39, 0.29) is 51.3 Å². The van der Waals surface area contributed by atoms with Crippen molar-refractivity contribution in [2.75, 3.05) is 36.8 Å². The van der Waals surface area contributed by atoms with E-state index in [0.29, 0.717) is 39.4 Å². The van der Waals surface area contributed by atoms with Crippen LogP contribution in [-0.2, 0) is 0 Å². The number of halogens is 5. The van der Waals surface area contributed by atoms with E-state index < -0.39 is 17.7 Å². The highest BCUT2D eigenvalue weighted by Gasteiger charge is 2.36. The minimum absolute atomic E-state index is 0.00672. The molecule has 0 saturated carbocycles. The van der Waals surface area contributed by atoms with Crippen LogP contribution in [0.1, 0.15) is 29.6 Å². The number of likely N-dealkylation sites (tertiary alicyclic amines) is 1. The molecule has 6 nitrogen and oxygen atoms in total. The van der Waals surface area contributed by atoms with Gasteiger partial charge in [0.05, 0.1) is 16.7 Å². The molecule has 0 bridgehead atoms. The highest BCUT2D eigenvalue weighted by molar-refractivity contribution is 5.98. The summed E-state index contributed by atoms with van der Waals surface area (Å²) in [5.74, 6) is -2.58. The molecule has 5 rings (SSSR count). The molecule has 1 fully saturated rings. The van der Waals surface area contributed by atoms with Gasteiger partial charge in [-0.2, -0.15) is 13.2 Å². The number of nitrogens with zero attached hydrogens (tertiary/aromatic N) is 3. The predicted molar refractivity (Wildman–Crippen MR) is 127 cm³/mol. The number of carbonyl (C=O) groups excluding carboxylic acids is 1. The SMILES string of the molecule is Nc1ccc(-c2nc3ccc(C(=O)N4CCC(F)(F)CC4)cc3[nH]2)c(N2CC=C(C(F)(F)F)CC2)c1. The summed E-state index contributed by atoms with van der Waals surface area (Å²) in [6.45, 7) is 0.245. The number of imidazole rings is 1. The van der Waals surface area contributed by atoms with Gasteiger partial charge in [0.2, 0.25) is 0 Å². The monoisotopic (exact) mass is 505 g/mol. The number of alkyl halides is 5. The minimum Gasteiger partial charge on any atom is -0.399 e. The van der Waals surface area contributed by atoms with Crippen LogP contribution in [0.4, 0.5) is 33.3 Å². The van der Waals surface area contributed by atoms with Gasteiger partial charge in [-0.1, -0.05) is 6.08 Å². The maximum atomic E-state index is 13.5. The lowest BCUT2D eigenvalue weighted by atomic mass is 10.0. The van der Waals surface area contributed by atoms with Gasteiger partial charge in [0.1, 0.15) is 5.82 Å². The standard InChI is InChI=1S/C25H24F5N5O/c26-24(27)7-11-35(12-8-24)23(36)15-1-4-19-20(13-15)33-22(32-19)18-3-2-17(31)14-21(18)34-9-5-16(6-10-34)25(28,29)30/h1-5,13-14H,6-12,31H2,(H,32,33). The molecule has 11 heteroatoms. The Morgan fingerprint density at radius 2 is 1.81 bits per heavy atom. The second-order valence-corrected chi connectivity index (χ2v) is 9.17. The zero-order chi connectivity index (χ0) is 25.7. The van der Waals surface area contributed by atoms with Crippen LogP contribution in [-0.4, -0.2) is 59.1 Å². The fraction of sp³-hybridized carbons (Fsp3) is 0.360. The van der Waals surface area contributed by atoms with Crippen molar-refractivity contribution in [2.24, 2.45) is 0 Å². The first-order valence-corrected chi connectivity index (χ1v) is 11.6. The van der Waals surface area contributed by atoms with Gasteiger partial charge in [-0.3, -0.25) is 4.79 Å². The van der Waals surface area contributed by atoms with Crippen LogP contribution in [0.2, 0.25) is 0 Å². The molecule has 1 aromatic heterocycles. The van der Waals surface area contributed by atoms with Crippen molar-refractivity contribution in [3.05, 3.63) is 53.6 Å². The summed E-state index contributed by atoms with van der Waals surface area (Å²) >= 11 is 0. The number of piperidine rings is 1. The van der Waals surface area contributed by atoms with Gasteiger partial charge in [0, 0.05) is 61.4 Å². The molecule has 0 unspecified atom stereocenters. The molecule has 0 aliphatic carbocycles. The lowest BCUT2D eigenvalue weighted by Crippen LogP contribution is -2.42. The van der Waals surface area contributed by atoms with Crippen LogP contribution in [0.3, 0.4) is 0 Å². The van der Waals surface area contributed by atoms with Crippen molar-refractivity contribution >= 4 is 28.3 Å². The van der Waals surface area contributed by atoms with Crippen molar-refractivity contribution in [3.63, 3.8) is 0 Å². The number of H-pyrrole nitrogens is 1. The lowest BCUT2D eigenvalue weighted by molar-refractivity contribution is -0.0944. The Labute approximate surface area is 203 Å². The second-order valence-electron chi connectivity index (χ2n) is 9.17. The zero-order valence-electron chi connectivity index (χ0n) is 19.2. The zero-order valence-corrected chi connectivity index (χ0v) is 19.2. The van der Waals surface area contributed by atoms with E-state index in [4.69, 9.17) is 5.73 Å². The van der Waals surface area contributed by atoms with Crippen LogP contribution < -0.4 is 10.6 Å². The lowest BCUT2D eigenvalue weighted by Gasteiger charge is -2.31. The number of benzene rings is 2. The molecule has 0 radical (unpaired) electrons. The first-order chi connectivity index (χ1) is 17.0. The third kappa shape index (κ3) is 4.74. The molecule has 0 spiro atoms. The largest absolute Gasteiger partial charge is 0.412 e. The number of nitrogen functional groups attached to an aromatic ring is 1. The fourth-order valence-corrected chi connectivity index (χ4v) is 4.65. The number of fused-ring (bicyclic) bond motifs is 1. The first kappa shape index (κ1) is 24.1. The molecular formula is C25H24F5N5O. The maximum absolute atomic E-state index is 13.5. The summed E-state index contributed by atoms with van der Waals surface area (Å²) in [6, 6.07) is 10.1. The van der Waals surface area contributed by atoms with Crippen LogP contribution in [0.15, 0.2) is 48.0 Å². The Balaban J connectivity index is 1.43. The van der Waals surface area contributed by atoms with Gasteiger partial charge in [0.15, 0.2) is 0 Å². The summed E-state index contributed by atoms with van der Waals surface area (Å²) in [4.78, 5) is 23.9. The van der Waals surface area contributed by atoms with Crippen molar-refractivity contribution < 1.29 is 26.7 Å². The van der Waals surface area contributed by atoms with Crippen molar-refractivity contribution in [1.82, 2.24) is 14.9 Å². The van der Waals surface area contributed by atoms with E-state index in [1.165, 1.54) is 11.0 Å². The number of hydrogen-bond acceptors (Lipinski definition) is 4. The van der Waals surface area contributed by atoms with E-state index in [9.17, 15) is 26.7 Å². The highest BCUT2D eigenvalue weighted by atomic mass is 19.4. The number of nitrogens with two attached hydrogens (primary N) is 1. The first-order valence-electron chi connectivity index (χ1n) is 11.6. The van der Waals surface area contributed by atoms with Crippen LogP contribution in [0.5, 0.6) is 0 Å². The number of aromatic nitrogens is 2. The highest BCUT2D eigenvalue weighted by Crippen LogP contribution is 2.36. The van der Waals surface area contributed by atoms with Crippen LogP contribution in [0.25, 0.3) is 22.4 Å². The molecule has 3 N–H and O–H groups in total. The van der Waals surface area contributed by atoms with Crippen molar-refractivity contribution in [2.45, 2.75) is 31.4 Å². The average molecular weight is 505 g/mol. The molecule has 36 heavy (non-hydrogen) atoms. The number of rotatable bonds is 3. The molecule has 190 valence electrons. The maximum Gasteiger partial charge on any atom is 0.412 e. The number of anilines is 2. The summed E-state index contributed by atoms with van der Waals surface area (Å²) < 4.78 is 66.1. The van der Waals surface area contributed by atoms with Crippen molar-refractivity contribution in [3.8, 4) is 11.4 Å². The van der Waals surface area contributed by atoms with Crippen LogP contribution >= 0.6 is 0 Å². The summed E-state index contributed by atoms with van der Waals surface area (Å²) in [5, 5.41) is 0. The van der Waals surface area contributed by atoms with Crippen LogP contribution in [0, 0.1) is 0 Å². The number of amides is 1. The predicted octanol–water partition coefficient (Wildman–Crippen LogP) is 5.38. The van der Waals surface area contributed by atoms with Gasteiger partial charge in [-0.15, -0.1) is 0 Å². The number of nitrogens with one attached hydrogen (secondary N) is 1. The Morgan fingerprint density at radius 1 is 1.06 bits per heavy atom. The second kappa shape index (κ2) is 8.79. The summed E-state index contributed by atoms with van der Waals surface area (Å²) in [7, 11) is 0. The number of carbonyl (C=O) groups is 1. The van der Waals surface area contributed by atoms with Gasteiger partial charge >= 0.3 is 6.18 Å². The van der Waals surface area contributed by atoms with E-state index in [0.717, 1.165) is 0 Å². The Hall–Kier alpha value is -3.63. The van der Waals surface area contributed by atoms with Crippen molar-refractivity contribution in [1.29, 1.82) is 0 Å². The smallest absolute Gasteiger partial charge is 0.399 e. The Morgan fingerprint density at radius 3 is 2.47 bits per heavy atom. The third-order valence-electron chi connectivity index (χ3n) is 6.70. The fourth-order valence-electron chi connectivity index (χ4n) is 4.65. The van der Waals surface area contributed by atoms with E-state index in [2.05, 4.69) is 9.97 Å². The topological polar surface area (TPSA) is 78.2 Å². The number of hydrogen-bond donors (Lipinski definition) is 2. The molecular weight excluding hydrogens is 481 g/mol. The summed E-state index contributed by atoms with van der Waals surface area (Å²) in [5.41, 5.74) is 8.76.